The molecule has 0 amide bonds. The van der Waals surface area contributed by atoms with Crippen LogP contribution in [-0.4, -0.2) is 142 Å². The number of unbranched alkanes of at least 4 members (excludes halogenated alkanes) is 19. The van der Waals surface area contributed by atoms with Gasteiger partial charge in [0.1, 0.15) is 55.4 Å². The lowest BCUT2D eigenvalue weighted by Crippen LogP contribution is -2.61. The first kappa shape index (κ1) is 59.8. The fourth-order valence-electron chi connectivity index (χ4n) is 7.83. The summed E-state index contributed by atoms with van der Waals surface area (Å²) >= 11 is 0. The van der Waals surface area contributed by atoms with Crippen molar-refractivity contribution in [1.82, 2.24) is 0 Å². The van der Waals surface area contributed by atoms with E-state index in [2.05, 4.69) is 50.3 Å². The number of hydrogen-bond donors (Lipinski definition) is 7. The molecule has 2 aliphatic rings. The maximum atomic E-state index is 13.0. The van der Waals surface area contributed by atoms with E-state index in [9.17, 15) is 45.3 Å². The normalized spacial score (nSPS) is 26.4. The number of allylic oxidation sites excluding steroid dienone is 6. The van der Waals surface area contributed by atoms with Crippen LogP contribution in [0.15, 0.2) is 36.5 Å². The van der Waals surface area contributed by atoms with Gasteiger partial charge in [-0.3, -0.25) is 9.59 Å². The van der Waals surface area contributed by atoms with Crippen molar-refractivity contribution in [2.75, 3.05) is 26.4 Å². The topological polar surface area (TPSA) is 231 Å². The van der Waals surface area contributed by atoms with Crippen molar-refractivity contribution in [2.45, 2.75) is 248 Å². The molecular weight excluding hydrogens is 853 g/mol. The molecule has 0 saturated carbocycles. The smallest absolute Gasteiger partial charge is 0.306 e. The van der Waals surface area contributed by atoms with Gasteiger partial charge in [0.15, 0.2) is 18.7 Å². The molecule has 2 rings (SSSR count). The number of aliphatic hydroxyl groups excluding tert-OH is 7. The molecule has 2 aliphatic heterocycles. The molecule has 0 aliphatic carbocycles. The van der Waals surface area contributed by atoms with Crippen molar-refractivity contribution in [3.05, 3.63) is 36.5 Å². The molecular formula is C51H90O15. The number of rotatable bonds is 39. The number of hydrogen-bond acceptors (Lipinski definition) is 15. The number of aliphatic hydroxyl groups is 7. The van der Waals surface area contributed by atoms with E-state index in [0.29, 0.717) is 12.8 Å². The van der Waals surface area contributed by atoms with Crippen molar-refractivity contribution in [3.8, 4) is 0 Å². The van der Waals surface area contributed by atoms with Gasteiger partial charge in [0.05, 0.1) is 19.8 Å². The van der Waals surface area contributed by atoms with Gasteiger partial charge in [-0.25, -0.2) is 0 Å². The summed E-state index contributed by atoms with van der Waals surface area (Å²) in [4.78, 5) is 25.7. The van der Waals surface area contributed by atoms with Gasteiger partial charge in [-0.05, 0) is 70.6 Å². The van der Waals surface area contributed by atoms with Gasteiger partial charge >= 0.3 is 11.9 Å². The number of carbonyl (C=O) groups excluding carboxylic acids is 2. The van der Waals surface area contributed by atoms with Crippen LogP contribution in [0.25, 0.3) is 0 Å². The second kappa shape index (κ2) is 38.6. The largest absolute Gasteiger partial charge is 0.462 e. The van der Waals surface area contributed by atoms with Crippen molar-refractivity contribution < 1.29 is 73.8 Å². The van der Waals surface area contributed by atoms with Gasteiger partial charge in [-0.2, -0.15) is 0 Å². The van der Waals surface area contributed by atoms with Crippen molar-refractivity contribution in [1.29, 1.82) is 0 Å². The lowest BCUT2D eigenvalue weighted by Gasteiger charge is -2.42. The fourth-order valence-corrected chi connectivity index (χ4v) is 7.83. The third kappa shape index (κ3) is 26.5. The minimum Gasteiger partial charge on any atom is -0.462 e. The highest BCUT2D eigenvalue weighted by Crippen LogP contribution is 2.26. The Kier molecular flexibility index (Phi) is 35.0. The maximum Gasteiger partial charge on any atom is 0.306 e. The van der Waals surface area contributed by atoms with Crippen LogP contribution in [0, 0.1) is 0 Å². The molecule has 66 heavy (non-hydrogen) atoms. The molecule has 7 N–H and O–H groups in total. The molecule has 15 heteroatoms. The lowest BCUT2D eigenvalue weighted by atomic mass is 9.98. The van der Waals surface area contributed by atoms with E-state index in [0.717, 1.165) is 70.6 Å². The molecule has 2 heterocycles. The third-order valence-electron chi connectivity index (χ3n) is 12.1. The van der Waals surface area contributed by atoms with E-state index in [1.165, 1.54) is 70.6 Å². The summed E-state index contributed by atoms with van der Waals surface area (Å²) in [5, 5.41) is 72.0. The Bertz CT molecular complexity index is 1290. The Balaban J connectivity index is 1.82. The van der Waals surface area contributed by atoms with Crippen LogP contribution in [-0.2, 0) is 38.0 Å². The summed E-state index contributed by atoms with van der Waals surface area (Å²) in [6.45, 7) is 2.53. The summed E-state index contributed by atoms with van der Waals surface area (Å²) in [5.74, 6) is -0.945. The first-order valence-electron chi connectivity index (χ1n) is 25.6. The van der Waals surface area contributed by atoms with Gasteiger partial charge in [0.25, 0.3) is 0 Å². The number of carbonyl (C=O) groups is 2. The molecule has 11 atom stereocenters. The monoisotopic (exact) mass is 943 g/mol. The van der Waals surface area contributed by atoms with E-state index in [4.69, 9.17) is 28.4 Å². The van der Waals surface area contributed by atoms with Gasteiger partial charge in [-0.1, -0.05) is 134 Å². The SMILES string of the molecule is CCCCC/C=C/C/C=C/CCCCCCCC(=O)O[C@H](COC(=O)CCCCCCCCC/C=C/CCCCCC)CO[C@@H]1O[C@H](CO[C@@H]2O[C@H](CO)[C@H](O)C(O)C2O)[C@H](O)C(O)C1O. The molecule has 0 aromatic heterocycles. The third-order valence-corrected chi connectivity index (χ3v) is 12.1. The van der Waals surface area contributed by atoms with E-state index in [-0.39, 0.29) is 26.1 Å². The highest BCUT2D eigenvalue weighted by atomic mass is 16.7. The zero-order chi connectivity index (χ0) is 48.2. The Morgan fingerprint density at radius 1 is 0.485 bits per heavy atom. The Morgan fingerprint density at radius 3 is 1.45 bits per heavy atom. The molecule has 0 bridgehead atoms. The summed E-state index contributed by atoms with van der Waals surface area (Å²) in [6.07, 6.45) is 23.1. The van der Waals surface area contributed by atoms with E-state index >= 15 is 0 Å². The van der Waals surface area contributed by atoms with Crippen LogP contribution in [0.5, 0.6) is 0 Å². The molecule has 0 aromatic rings. The van der Waals surface area contributed by atoms with Crippen LogP contribution in [0.1, 0.15) is 181 Å². The number of ether oxygens (including phenoxy) is 6. The highest BCUT2D eigenvalue weighted by molar-refractivity contribution is 5.70. The maximum absolute atomic E-state index is 13.0. The van der Waals surface area contributed by atoms with E-state index in [1.54, 1.807) is 0 Å². The molecule has 15 nitrogen and oxygen atoms in total. The standard InChI is InChI=1S/C51H90O15/c1-3-5-7-9-11-13-15-17-19-21-23-25-27-29-31-33-42(53)61-36-39(64-43(54)34-32-30-28-26-24-22-20-18-16-14-12-10-8-6-4-2)37-62-50-49(60)47(58)45(56)41(66-50)38-63-51-48(59)46(57)44(55)40(35-52)65-51/h12-15,18,20,39-41,44-52,55-60H,3-11,16-17,19,21-38H2,1-2H3/b14-12+,15-13+,20-18+/t39-,40-,41-,44+,45+,46?,47?,48?,49?,50-,51-/m1/s1. The van der Waals surface area contributed by atoms with Crippen LogP contribution >= 0.6 is 0 Å². The molecule has 0 aromatic carbocycles. The van der Waals surface area contributed by atoms with Gasteiger partial charge < -0.3 is 64.2 Å². The summed E-state index contributed by atoms with van der Waals surface area (Å²) in [6, 6.07) is 0. The summed E-state index contributed by atoms with van der Waals surface area (Å²) < 4.78 is 33.5. The predicted molar refractivity (Wildman–Crippen MR) is 252 cm³/mol. The minimum atomic E-state index is -1.77. The average molecular weight is 943 g/mol. The van der Waals surface area contributed by atoms with Crippen molar-refractivity contribution >= 4 is 11.9 Å². The molecule has 2 fully saturated rings. The zero-order valence-electron chi connectivity index (χ0n) is 40.4. The molecule has 2 saturated heterocycles. The summed E-state index contributed by atoms with van der Waals surface area (Å²) in [7, 11) is 0. The molecule has 4 unspecified atom stereocenters. The van der Waals surface area contributed by atoms with Gasteiger partial charge in [0, 0.05) is 12.8 Å². The van der Waals surface area contributed by atoms with Crippen LogP contribution < -0.4 is 0 Å². The van der Waals surface area contributed by atoms with Crippen molar-refractivity contribution in [2.24, 2.45) is 0 Å². The van der Waals surface area contributed by atoms with Crippen molar-refractivity contribution in [3.63, 3.8) is 0 Å². The van der Waals surface area contributed by atoms with E-state index in [1.807, 2.05) is 0 Å². The Morgan fingerprint density at radius 2 is 0.909 bits per heavy atom. The second-order valence-corrected chi connectivity index (χ2v) is 18.0. The molecule has 0 radical (unpaired) electrons. The molecule has 384 valence electrons. The lowest BCUT2D eigenvalue weighted by molar-refractivity contribution is -0.332. The Hall–Kier alpha value is -2.28. The minimum absolute atomic E-state index is 0.148. The summed E-state index contributed by atoms with van der Waals surface area (Å²) in [5.41, 5.74) is 0. The van der Waals surface area contributed by atoms with Crippen LogP contribution in [0.3, 0.4) is 0 Å². The second-order valence-electron chi connectivity index (χ2n) is 18.0. The quantitative estimate of drug-likeness (QED) is 0.0188. The Labute approximate surface area is 395 Å². The molecule has 0 spiro atoms. The van der Waals surface area contributed by atoms with Crippen LogP contribution in [0.2, 0.25) is 0 Å². The fraction of sp³-hybridized carbons (Fsp3) is 0.843. The van der Waals surface area contributed by atoms with Gasteiger partial charge in [-0.15, -0.1) is 0 Å². The van der Waals surface area contributed by atoms with E-state index < -0.39 is 92.7 Å². The average Bonchev–Trinajstić information content (AvgIpc) is 3.31. The zero-order valence-corrected chi connectivity index (χ0v) is 40.4. The predicted octanol–water partition coefficient (Wildman–Crippen LogP) is 6.93. The first-order chi connectivity index (χ1) is 32.0. The highest BCUT2D eigenvalue weighted by Gasteiger charge is 2.47. The van der Waals surface area contributed by atoms with Gasteiger partial charge in [0.2, 0.25) is 0 Å². The number of esters is 2. The van der Waals surface area contributed by atoms with Crippen LogP contribution in [0.4, 0.5) is 0 Å². The first-order valence-corrected chi connectivity index (χ1v) is 25.6.